The Morgan fingerprint density at radius 3 is 2.34 bits per heavy atom. The number of morpholine rings is 1. The van der Waals surface area contributed by atoms with Gasteiger partial charge in [0, 0.05) is 74.5 Å². The van der Waals surface area contributed by atoms with Gasteiger partial charge in [0.15, 0.2) is 0 Å². The van der Waals surface area contributed by atoms with E-state index in [1.54, 1.807) is 0 Å². The molecule has 3 aromatic rings. The van der Waals surface area contributed by atoms with Gasteiger partial charge in [-0.15, -0.1) is 0 Å². The van der Waals surface area contributed by atoms with Crippen molar-refractivity contribution >= 4 is 5.69 Å². The van der Waals surface area contributed by atoms with Gasteiger partial charge in [-0.1, -0.05) is 24.3 Å². The van der Waals surface area contributed by atoms with Crippen LogP contribution in [0.2, 0.25) is 0 Å². The number of H-pyrrole nitrogens is 1. The highest BCUT2D eigenvalue weighted by atomic mass is 16.5. The lowest BCUT2D eigenvalue weighted by atomic mass is 9.94. The quantitative estimate of drug-likeness (QED) is 0.268. The molecule has 1 unspecified atom stereocenters. The summed E-state index contributed by atoms with van der Waals surface area (Å²) in [5, 5.41) is 14.9. The van der Waals surface area contributed by atoms with Crippen molar-refractivity contribution in [2.45, 2.75) is 71.8 Å². The van der Waals surface area contributed by atoms with E-state index in [1.807, 2.05) is 19.9 Å². The molecule has 0 radical (unpaired) electrons. The molecule has 3 aliphatic rings. The van der Waals surface area contributed by atoms with Gasteiger partial charge >= 0.3 is 0 Å². The highest BCUT2D eigenvalue weighted by Crippen LogP contribution is 2.39. The summed E-state index contributed by atoms with van der Waals surface area (Å²) in [4.78, 5) is 20.6. The van der Waals surface area contributed by atoms with Gasteiger partial charge < -0.3 is 24.5 Å². The van der Waals surface area contributed by atoms with E-state index in [9.17, 15) is 9.90 Å². The molecule has 6 rings (SSSR count). The Balaban J connectivity index is 1.33. The molecule has 2 aromatic carbocycles. The Labute approximate surface area is 261 Å². The zero-order chi connectivity index (χ0) is 30.6. The maximum atomic E-state index is 12.7. The number of aliphatic hydroxyl groups is 1. The van der Waals surface area contributed by atoms with E-state index >= 15 is 0 Å². The topological polar surface area (TPSA) is 90.1 Å². The molecule has 0 amide bonds. The highest BCUT2D eigenvalue weighted by molar-refractivity contribution is 5.73. The standard InChI is InChI=1S/C36H48N4O4/c1-24-18-25(2)38-36(42)33(24)21-37-35(41)32-19-30(29-8-6-27(7-9-29)22-39-12-16-44-17-13-39)20-34(26(32)3)40(23-28-4-5-28)31-10-14-43-15-11-31/h6-9,18-20,28,31,35,37,41H,4-5,10-17,21-23H2,1-3H3,(H,38,42). The number of rotatable bonds is 11. The fourth-order valence-electron chi connectivity index (χ4n) is 6.72. The molecule has 0 bridgehead atoms. The smallest absolute Gasteiger partial charge is 0.252 e. The Morgan fingerprint density at radius 2 is 1.66 bits per heavy atom. The molecule has 236 valence electrons. The molecule has 3 N–H and O–H groups in total. The normalized spacial score (nSPS) is 18.8. The van der Waals surface area contributed by atoms with E-state index in [2.05, 4.69) is 63.4 Å². The van der Waals surface area contributed by atoms with Crippen LogP contribution in [0.3, 0.4) is 0 Å². The second-order valence-corrected chi connectivity index (χ2v) is 13.0. The van der Waals surface area contributed by atoms with E-state index in [-0.39, 0.29) is 12.1 Å². The maximum absolute atomic E-state index is 12.7. The Morgan fingerprint density at radius 1 is 0.955 bits per heavy atom. The lowest BCUT2D eigenvalue weighted by molar-refractivity contribution is 0.0342. The van der Waals surface area contributed by atoms with Crippen molar-refractivity contribution in [3.8, 4) is 11.1 Å². The predicted molar refractivity (Wildman–Crippen MR) is 175 cm³/mol. The summed E-state index contributed by atoms with van der Waals surface area (Å²) in [7, 11) is 0. The summed E-state index contributed by atoms with van der Waals surface area (Å²) >= 11 is 0. The van der Waals surface area contributed by atoms with Gasteiger partial charge in [0.05, 0.1) is 13.2 Å². The zero-order valence-electron chi connectivity index (χ0n) is 26.5. The van der Waals surface area contributed by atoms with Crippen LogP contribution in [0.4, 0.5) is 5.69 Å². The number of hydrogen-bond donors (Lipinski definition) is 3. The third kappa shape index (κ3) is 7.44. The third-order valence-corrected chi connectivity index (χ3v) is 9.57. The van der Waals surface area contributed by atoms with Crippen LogP contribution in [0.1, 0.15) is 65.4 Å². The minimum Gasteiger partial charge on any atom is -0.381 e. The van der Waals surface area contributed by atoms with Gasteiger partial charge in [0.1, 0.15) is 6.23 Å². The van der Waals surface area contributed by atoms with E-state index < -0.39 is 6.23 Å². The van der Waals surface area contributed by atoms with Gasteiger partial charge in [0.25, 0.3) is 5.56 Å². The molecular formula is C36H48N4O4. The monoisotopic (exact) mass is 600 g/mol. The van der Waals surface area contributed by atoms with Crippen molar-refractivity contribution in [3.05, 3.63) is 86.3 Å². The summed E-state index contributed by atoms with van der Waals surface area (Å²) in [5.41, 5.74) is 8.95. The summed E-state index contributed by atoms with van der Waals surface area (Å²) in [6, 6.07) is 15.7. The number of nitrogens with one attached hydrogen (secondary N) is 2. The Kier molecular flexibility index (Phi) is 9.83. The molecule has 1 aromatic heterocycles. The van der Waals surface area contributed by atoms with Crippen LogP contribution in [0, 0.1) is 26.7 Å². The average Bonchev–Trinajstić information content (AvgIpc) is 3.85. The van der Waals surface area contributed by atoms with Crippen LogP contribution in [-0.2, 0) is 22.6 Å². The molecule has 1 aliphatic carbocycles. The second kappa shape index (κ2) is 14.0. The van der Waals surface area contributed by atoms with Crippen molar-refractivity contribution in [2.24, 2.45) is 5.92 Å². The number of aryl methyl sites for hydroxylation is 2. The molecule has 2 saturated heterocycles. The Bertz CT molecular complexity index is 1470. The third-order valence-electron chi connectivity index (χ3n) is 9.57. The molecule has 8 nitrogen and oxygen atoms in total. The fraction of sp³-hybridized carbons (Fsp3) is 0.528. The van der Waals surface area contributed by atoms with Crippen molar-refractivity contribution < 1.29 is 14.6 Å². The summed E-state index contributed by atoms with van der Waals surface area (Å²) in [6.45, 7) is 13.3. The second-order valence-electron chi connectivity index (χ2n) is 13.0. The van der Waals surface area contributed by atoms with Gasteiger partial charge in [0.2, 0.25) is 0 Å². The van der Waals surface area contributed by atoms with E-state index in [0.717, 1.165) is 105 Å². The minimum atomic E-state index is -0.924. The first-order valence-corrected chi connectivity index (χ1v) is 16.3. The van der Waals surface area contributed by atoms with Gasteiger partial charge in [-0.05, 0) is 98.4 Å². The number of benzene rings is 2. The van der Waals surface area contributed by atoms with Gasteiger partial charge in [-0.3, -0.25) is 15.0 Å². The SMILES string of the molecule is Cc1cc(C)c(CNC(O)c2cc(-c3ccc(CN4CCOCC4)cc3)cc(N(CC3CC3)C3CCOCC3)c2C)c(=O)[nH]1. The lowest BCUT2D eigenvalue weighted by Crippen LogP contribution is -2.41. The van der Waals surface area contributed by atoms with Crippen LogP contribution in [0.25, 0.3) is 11.1 Å². The van der Waals surface area contributed by atoms with Crippen molar-refractivity contribution in [1.29, 1.82) is 0 Å². The van der Waals surface area contributed by atoms with Crippen molar-refractivity contribution in [3.63, 3.8) is 0 Å². The molecule has 2 aliphatic heterocycles. The van der Waals surface area contributed by atoms with Gasteiger partial charge in [-0.25, -0.2) is 0 Å². The van der Waals surface area contributed by atoms with E-state index in [0.29, 0.717) is 11.6 Å². The Hall–Kier alpha value is -3.01. The zero-order valence-corrected chi connectivity index (χ0v) is 26.5. The predicted octanol–water partition coefficient (Wildman–Crippen LogP) is 4.98. The fourth-order valence-corrected chi connectivity index (χ4v) is 6.72. The first-order valence-electron chi connectivity index (χ1n) is 16.3. The largest absolute Gasteiger partial charge is 0.381 e. The number of aromatic amines is 1. The number of pyridine rings is 1. The number of aromatic nitrogens is 1. The van der Waals surface area contributed by atoms with Crippen LogP contribution < -0.4 is 15.8 Å². The number of aliphatic hydroxyl groups excluding tert-OH is 1. The molecule has 1 saturated carbocycles. The number of anilines is 1. The number of hydrogen-bond acceptors (Lipinski definition) is 7. The first-order chi connectivity index (χ1) is 21.4. The van der Waals surface area contributed by atoms with Crippen LogP contribution in [-0.4, -0.2) is 67.1 Å². The summed E-state index contributed by atoms with van der Waals surface area (Å²) < 4.78 is 11.3. The summed E-state index contributed by atoms with van der Waals surface area (Å²) in [5.74, 6) is 0.725. The number of ether oxygens (including phenoxy) is 2. The maximum Gasteiger partial charge on any atom is 0.252 e. The minimum absolute atomic E-state index is 0.111. The molecular weight excluding hydrogens is 552 g/mol. The van der Waals surface area contributed by atoms with Crippen molar-refractivity contribution in [2.75, 3.05) is 51.0 Å². The first kappa shape index (κ1) is 31.0. The van der Waals surface area contributed by atoms with Crippen LogP contribution >= 0.6 is 0 Å². The average molecular weight is 601 g/mol. The number of nitrogens with zero attached hydrogens (tertiary/aromatic N) is 2. The molecule has 44 heavy (non-hydrogen) atoms. The lowest BCUT2D eigenvalue weighted by Gasteiger charge is -2.38. The van der Waals surface area contributed by atoms with E-state index in [4.69, 9.17) is 9.47 Å². The molecule has 0 spiro atoms. The highest BCUT2D eigenvalue weighted by Gasteiger charge is 2.31. The van der Waals surface area contributed by atoms with Gasteiger partial charge in [-0.2, -0.15) is 0 Å². The summed E-state index contributed by atoms with van der Waals surface area (Å²) in [6.07, 6.45) is 3.66. The van der Waals surface area contributed by atoms with E-state index in [1.165, 1.54) is 24.1 Å². The molecule has 1 atom stereocenters. The molecule has 8 heteroatoms. The van der Waals surface area contributed by atoms with Crippen LogP contribution in [0.15, 0.2) is 47.3 Å². The molecule has 3 fully saturated rings. The van der Waals surface area contributed by atoms with Crippen molar-refractivity contribution in [1.82, 2.24) is 15.2 Å². The van der Waals surface area contributed by atoms with Crippen LogP contribution in [0.5, 0.6) is 0 Å². The molecule has 3 heterocycles.